The van der Waals surface area contributed by atoms with Crippen LogP contribution in [0.5, 0.6) is 0 Å². The first-order valence-electron chi connectivity index (χ1n) is 9.15. The SMILES string of the molecule is C[C@]1(CC(=O)O)[C@H](CC(=O)O)CC[C@H]2[C@H]1CC[C@]1(C)C(=O)CC[C@H]21. The molecule has 24 heavy (non-hydrogen) atoms. The van der Waals surface area contributed by atoms with Gasteiger partial charge < -0.3 is 10.2 Å². The lowest BCUT2D eigenvalue weighted by molar-refractivity contribution is -0.156. The van der Waals surface area contributed by atoms with Gasteiger partial charge in [0.25, 0.3) is 0 Å². The fourth-order valence-corrected chi connectivity index (χ4v) is 6.45. The van der Waals surface area contributed by atoms with Gasteiger partial charge in [-0.3, -0.25) is 14.4 Å². The van der Waals surface area contributed by atoms with Crippen molar-refractivity contribution in [3.63, 3.8) is 0 Å². The molecule has 6 atom stereocenters. The number of Topliss-reactive ketones (excluding diaryl/α,β-unsaturated/α-hetero) is 1. The fourth-order valence-electron chi connectivity index (χ4n) is 6.45. The highest BCUT2D eigenvalue weighted by Crippen LogP contribution is 2.64. The second kappa shape index (κ2) is 5.85. The van der Waals surface area contributed by atoms with Gasteiger partial charge in [-0.1, -0.05) is 13.8 Å². The molecule has 0 unspecified atom stereocenters. The normalized spacial score (nSPS) is 44.7. The Kier molecular flexibility index (Phi) is 4.25. The third-order valence-corrected chi connectivity index (χ3v) is 7.73. The van der Waals surface area contributed by atoms with Crippen LogP contribution >= 0.6 is 0 Å². The Hall–Kier alpha value is -1.39. The standard InChI is InChI=1S/C19H28O5/c1-18-8-7-14-12(13(18)5-6-15(18)20)4-3-11(9-16(21)22)19(14,2)10-17(23)24/h11-14H,3-10H2,1-2H3,(H,21,22)(H,23,24)/t11-,12+,13+,14+,18-,19-/m0/s1. The van der Waals surface area contributed by atoms with E-state index in [1.165, 1.54) is 0 Å². The monoisotopic (exact) mass is 336 g/mol. The number of hydrogen-bond acceptors (Lipinski definition) is 3. The summed E-state index contributed by atoms with van der Waals surface area (Å²) in [6.07, 6.45) is 5.03. The predicted octanol–water partition coefficient (Wildman–Crippen LogP) is 3.36. The fraction of sp³-hybridized carbons (Fsp3) is 0.842. The van der Waals surface area contributed by atoms with E-state index >= 15 is 0 Å². The van der Waals surface area contributed by atoms with Gasteiger partial charge in [-0.15, -0.1) is 0 Å². The molecule has 0 spiro atoms. The van der Waals surface area contributed by atoms with Gasteiger partial charge in [0.15, 0.2) is 0 Å². The zero-order chi connectivity index (χ0) is 17.7. The molecule has 0 bridgehead atoms. The molecule has 5 heteroatoms. The summed E-state index contributed by atoms with van der Waals surface area (Å²) in [5, 5.41) is 18.7. The molecule has 3 rings (SSSR count). The summed E-state index contributed by atoms with van der Waals surface area (Å²) in [5.41, 5.74) is -0.717. The molecule has 3 aliphatic carbocycles. The predicted molar refractivity (Wildman–Crippen MR) is 87.4 cm³/mol. The summed E-state index contributed by atoms with van der Waals surface area (Å²) in [5.74, 6) is -0.466. The molecule has 3 fully saturated rings. The molecule has 5 nitrogen and oxygen atoms in total. The highest BCUT2D eigenvalue weighted by atomic mass is 16.4. The number of carboxylic acids is 2. The number of carboxylic acid groups (broad SMARTS) is 2. The van der Waals surface area contributed by atoms with Crippen molar-refractivity contribution in [2.45, 2.75) is 65.2 Å². The Morgan fingerprint density at radius 3 is 2.38 bits per heavy atom. The zero-order valence-corrected chi connectivity index (χ0v) is 14.6. The van der Waals surface area contributed by atoms with Crippen molar-refractivity contribution in [3.05, 3.63) is 0 Å². The molecule has 3 saturated carbocycles. The van der Waals surface area contributed by atoms with E-state index in [9.17, 15) is 24.6 Å². The van der Waals surface area contributed by atoms with Gasteiger partial charge in [0.2, 0.25) is 0 Å². The van der Waals surface area contributed by atoms with Gasteiger partial charge in [-0.05, 0) is 61.2 Å². The van der Waals surface area contributed by atoms with Crippen LogP contribution in [-0.2, 0) is 14.4 Å². The molecule has 0 aromatic carbocycles. The molecule has 134 valence electrons. The van der Waals surface area contributed by atoms with Crippen LogP contribution in [0.15, 0.2) is 0 Å². The molecular formula is C19H28O5. The molecular weight excluding hydrogens is 308 g/mol. The van der Waals surface area contributed by atoms with Crippen molar-refractivity contribution in [2.75, 3.05) is 0 Å². The van der Waals surface area contributed by atoms with E-state index in [1.807, 2.05) is 6.92 Å². The van der Waals surface area contributed by atoms with Crippen molar-refractivity contribution >= 4 is 17.7 Å². The highest BCUT2D eigenvalue weighted by Gasteiger charge is 2.60. The lowest BCUT2D eigenvalue weighted by atomic mass is 9.46. The summed E-state index contributed by atoms with van der Waals surface area (Å²) < 4.78 is 0. The minimum Gasteiger partial charge on any atom is -0.481 e. The van der Waals surface area contributed by atoms with Gasteiger partial charge in [0, 0.05) is 18.3 Å². The average molecular weight is 336 g/mol. The van der Waals surface area contributed by atoms with Crippen molar-refractivity contribution < 1.29 is 24.6 Å². The van der Waals surface area contributed by atoms with Crippen LogP contribution in [0.25, 0.3) is 0 Å². The van der Waals surface area contributed by atoms with Crippen LogP contribution in [0.2, 0.25) is 0 Å². The van der Waals surface area contributed by atoms with Crippen LogP contribution < -0.4 is 0 Å². The van der Waals surface area contributed by atoms with Gasteiger partial charge in [-0.25, -0.2) is 0 Å². The molecule has 0 amide bonds. The van der Waals surface area contributed by atoms with E-state index in [1.54, 1.807) is 0 Å². The lowest BCUT2D eigenvalue weighted by Gasteiger charge is -2.57. The van der Waals surface area contributed by atoms with Gasteiger partial charge in [-0.2, -0.15) is 0 Å². The van der Waals surface area contributed by atoms with E-state index in [4.69, 9.17) is 0 Å². The molecule has 0 aromatic rings. The van der Waals surface area contributed by atoms with E-state index in [0.29, 0.717) is 24.0 Å². The number of fused-ring (bicyclic) bond motifs is 3. The summed E-state index contributed by atoms with van der Waals surface area (Å²) in [7, 11) is 0. The lowest BCUT2D eigenvalue weighted by Crippen LogP contribution is -2.53. The van der Waals surface area contributed by atoms with Crippen molar-refractivity contribution in [1.29, 1.82) is 0 Å². The number of carbonyl (C=O) groups excluding carboxylic acids is 1. The van der Waals surface area contributed by atoms with Crippen LogP contribution in [0.4, 0.5) is 0 Å². The maximum Gasteiger partial charge on any atom is 0.303 e. The Morgan fingerprint density at radius 1 is 1.04 bits per heavy atom. The first-order chi connectivity index (χ1) is 11.2. The number of hydrogen-bond donors (Lipinski definition) is 2. The van der Waals surface area contributed by atoms with Crippen molar-refractivity contribution in [1.82, 2.24) is 0 Å². The molecule has 2 N–H and O–H groups in total. The molecule has 0 saturated heterocycles. The first-order valence-corrected chi connectivity index (χ1v) is 9.15. The smallest absolute Gasteiger partial charge is 0.303 e. The minimum absolute atomic E-state index is 0.0312. The maximum absolute atomic E-state index is 12.4. The quantitative estimate of drug-likeness (QED) is 0.821. The minimum atomic E-state index is -0.843. The van der Waals surface area contributed by atoms with Crippen LogP contribution in [0, 0.1) is 34.5 Å². The van der Waals surface area contributed by atoms with Crippen LogP contribution in [0.3, 0.4) is 0 Å². The second-order valence-electron chi connectivity index (χ2n) is 8.74. The van der Waals surface area contributed by atoms with Crippen molar-refractivity contribution in [3.8, 4) is 0 Å². The van der Waals surface area contributed by atoms with Gasteiger partial charge in [0.1, 0.15) is 5.78 Å². The molecule has 0 radical (unpaired) electrons. The molecule has 3 aliphatic rings. The molecule has 0 heterocycles. The maximum atomic E-state index is 12.4. The Labute approximate surface area is 142 Å². The third-order valence-electron chi connectivity index (χ3n) is 7.73. The van der Waals surface area contributed by atoms with Crippen molar-refractivity contribution in [2.24, 2.45) is 34.5 Å². The zero-order valence-electron chi connectivity index (χ0n) is 14.6. The number of rotatable bonds is 4. The second-order valence-corrected chi connectivity index (χ2v) is 8.74. The summed E-state index contributed by atoms with van der Waals surface area (Å²) in [6, 6.07) is 0. The number of ketones is 1. The first kappa shape index (κ1) is 17.4. The Morgan fingerprint density at radius 2 is 1.75 bits per heavy atom. The number of carbonyl (C=O) groups is 3. The topological polar surface area (TPSA) is 91.7 Å². The average Bonchev–Trinajstić information content (AvgIpc) is 2.77. The van der Waals surface area contributed by atoms with Crippen LogP contribution in [-0.4, -0.2) is 27.9 Å². The third kappa shape index (κ3) is 2.56. The van der Waals surface area contributed by atoms with Crippen LogP contribution in [0.1, 0.15) is 65.2 Å². The van der Waals surface area contributed by atoms with Gasteiger partial charge >= 0.3 is 11.9 Å². The summed E-state index contributed by atoms with van der Waals surface area (Å²) in [6.45, 7) is 4.09. The molecule has 0 aliphatic heterocycles. The Bertz CT molecular complexity index is 570. The van der Waals surface area contributed by atoms with E-state index in [2.05, 4.69) is 6.92 Å². The summed E-state index contributed by atoms with van der Waals surface area (Å²) >= 11 is 0. The van der Waals surface area contributed by atoms with E-state index in [0.717, 1.165) is 32.1 Å². The van der Waals surface area contributed by atoms with E-state index in [-0.39, 0.29) is 30.1 Å². The highest BCUT2D eigenvalue weighted by molar-refractivity contribution is 5.87. The summed E-state index contributed by atoms with van der Waals surface area (Å²) in [4.78, 5) is 35.2. The van der Waals surface area contributed by atoms with E-state index < -0.39 is 17.4 Å². The van der Waals surface area contributed by atoms with Gasteiger partial charge in [0.05, 0.1) is 6.42 Å². The Balaban J connectivity index is 1.92. The largest absolute Gasteiger partial charge is 0.481 e. The number of aliphatic carboxylic acids is 2. The molecule has 0 aromatic heterocycles.